The summed E-state index contributed by atoms with van der Waals surface area (Å²) in [6, 6.07) is 0. The Hall–Kier alpha value is -0.790. The van der Waals surface area contributed by atoms with Gasteiger partial charge < -0.3 is 5.32 Å². The van der Waals surface area contributed by atoms with Gasteiger partial charge in [-0.15, -0.1) is 0 Å². The summed E-state index contributed by atoms with van der Waals surface area (Å²) in [6.45, 7) is 1.05. The molecule has 2 rings (SSSR count). The van der Waals surface area contributed by atoms with Crippen molar-refractivity contribution in [2.45, 2.75) is 38.5 Å². The van der Waals surface area contributed by atoms with E-state index < -0.39 is 0 Å². The van der Waals surface area contributed by atoms with Gasteiger partial charge in [-0.05, 0) is 32.1 Å². The predicted molar refractivity (Wildman–Crippen MR) is 52.3 cm³/mol. The monoisotopic (exact) mass is 179 g/mol. The molecule has 72 valence electrons. The van der Waals surface area contributed by atoms with Crippen LogP contribution >= 0.6 is 0 Å². The number of ketones is 1. The number of rotatable bonds is 2. The fourth-order valence-corrected chi connectivity index (χ4v) is 1.74. The van der Waals surface area contributed by atoms with Crippen molar-refractivity contribution in [3.8, 4) is 0 Å². The third kappa shape index (κ3) is 2.58. The zero-order valence-corrected chi connectivity index (χ0v) is 8.01. The highest BCUT2D eigenvalue weighted by Gasteiger charge is 2.28. The Morgan fingerprint density at radius 2 is 2.15 bits per heavy atom. The average Bonchev–Trinajstić information content (AvgIpc) is 2.92. The molecule has 0 unspecified atom stereocenters. The van der Waals surface area contributed by atoms with E-state index in [0.29, 0.717) is 11.7 Å². The van der Waals surface area contributed by atoms with Crippen molar-refractivity contribution < 1.29 is 4.79 Å². The third-order valence-corrected chi connectivity index (χ3v) is 2.77. The van der Waals surface area contributed by atoms with Crippen LogP contribution in [0.2, 0.25) is 0 Å². The first kappa shape index (κ1) is 8.79. The number of carbonyl (C=O) groups is 1. The van der Waals surface area contributed by atoms with Gasteiger partial charge in [-0.25, -0.2) is 0 Å². The van der Waals surface area contributed by atoms with Gasteiger partial charge in [-0.1, -0.05) is 6.42 Å². The number of allylic oxidation sites excluding steroid dienone is 2. The summed E-state index contributed by atoms with van der Waals surface area (Å²) in [5.74, 6) is 0.724. The average molecular weight is 179 g/mol. The maximum absolute atomic E-state index is 11.5. The maximum Gasteiger partial charge on any atom is 0.160 e. The summed E-state index contributed by atoms with van der Waals surface area (Å²) in [6.07, 6.45) is 8.92. The fraction of sp³-hybridized carbons (Fsp3) is 0.727. The van der Waals surface area contributed by atoms with Crippen molar-refractivity contribution in [2.75, 3.05) is 6.54 Å². The summed E-state index contributed by atoms with van der Waals surface area (Å²) in [7, 11) is 0. The molecule has 1 aliphatic carbocycles. The minimum Gasteiger partial charge on any atom is -0.388 e. The van der Waals surface area contributed by atoms with E-state index >= 15 is 0 Å². The van der Waals surface area contributed by atoms with Crippen molar-refractivity contribution in [3.05, 3.63) is 11.8 Å². The molecule has 2 nitrogen and oxygen atoms in total. The quantitative estimate of drug-likeness (QED) is 0.657. The molecule has 13 heavy (non-hydrogen) atoms. The van der Waals surface area contributed by atoms with E-state index in [-0.39, 0.29) is 0 Å². The Kier molecular flexibility index (Phi) is 2.67. The molecule has 0 radical (unpaired) electrons. The molecule has 0 spiro atoms. The van der Waals surface area contributed by atoms with E-state index in [1.165, 1.54) is 25.0 Å². The highest BCUT2D eigenvalue weighted by molar-refractivity contribution is 5.93. The van der Waals surface area contributed by atoms with Crippen LogP contribution in [-0.2, 0) is 4.79 Å². The molecular formula is C11H17NO. The van der Waals surface area contributed by atoms with Crippen molar-refractivity contribution in [2.24, 2.45) is 5.92 Å². The molecule has 0 bridgehead atoms. The van der Waals surface area contributed by atoms with Crippen molar-refractivity contribution in [1.29, 1.82) is 0 Å². The summed E-state index contributed by atoms with van der Waals surface area (Å²) < 4.78 is 0. The van der Waals surface area contributed by atoms with E-state index in [1.54, 1.807) is 0 Å². The van der Waals surface area contributed by atoms with Gasteiger partial charge in [0, 0.05) is 24.2 Å². The lowest BCUT2D eigenvalue weighted by molar-refractivity contribution is -0.115. The SMILES string of the molecule is O=C(/C=C1/CCCCCN1)C1CC1. The summed E-state index contributed by atoms with van der Waals surface area (Å²) in [5.41, 5.74) is 1.18. The summed E-state index contributed by atoms with van der Waals surface area (Å²) >= 11 is 0. The molecule has 1 saturated heterocycles. The zero-order valence-electron chi connectivity index (χ0n) is 8.01. The van der Waals surface area contributed by atoms with Gasteiger partial charge >= 0.3 is 0 Å². The standard InChI is InChI=1S/C11H17NO/c13-11(9-5-6-9)8-10-4-2-1-3-7-12-10/h8-9,12H,1-7H2/b10-8-. The molecule has 1 N–H and O–H groups in total. The lowest BCUT2D eigenvalue weighted by atomic mass is 10.1. The largest absolute Gasteiger partial charge is 0.388 e. The van der Waals surface area contributed by atoms with Crippen LogP contribution in [-0.4, -0.2) is 12.3 Å². The molecule has 2 heteroatoms. The first-order chi connectivity index (χ1) is 6.36. The minimum atomic E-state index is 0.351. The highest BCUT2D eigenvalue weighted by atomic mass is 16.1. The lowest BCUT2D eigenvalue weighted by Gasteiger charge is -2.04. The van der Waals surface area contributed by atoms with E-state index in [1.807, 2.05) is 6.08 Å². The van der Waals surface area contributed by atoms with Gasteiger partial charge in [0.2, 0.25) is 0 Å². The van der Waals surface area contributed by atoms with Crippen LogP contribution in [0.15, 0.2) is 11.8 Å². The Balaban J connectivity index is 1.91. The van der Waals surface area contributed by atoms with Gasteiger partial charge in [0.15, 0.2) is 5.78 Å². The van der Waals surface area contributed by atoms with E-state index in [9.17, 15) is 4.79 Å². The number of hydrogen-bond donors (Lipinski definition) is 1. The first-order valence-electron chi connectivity index (χ1n) is 5.34. The van der Waals surface area contributed by atoms with Gasteiger partial charge in [0.05, 0.1) is 0 Å². The van der Waals surface area contributed by atoms with E-state index in [2.05, 4.69) is 5.32 Å². The molecule has 1 aliphatic heterocycles. The van der Waals surface area contributed by atoms with Crippen LogP contribution in [0.5, 0.6) is 0 Å². The number of carbonyl (C=O) groups excluding carboxylic acids is 1. The highest BCUT2D eigenvalue weighted by Crippen LogP contribution is 2.30. The van der Waals surface area contributed by atoms with E-state index in [0.717, 1.165) is 25.8 Å². The predicted octanol–water partition coefficient (Wildman–Crippen LogP) is 2.01. The molecule has 2 aliphatic rings. The Labute approximate surface area is 79.4 Å². The zero-order chi connectivity index (χ0) is 9.10. The molecule has 1 saturated carbocycles. The Morgan fingerprint density at radius 3 is 2.92 bits per heavy atom. The second-order valence-corrected chi connectivity index (χ2v) is 4.08. The van der Waals surface area contributed by atoms with Crippen LogP contribution in [0.25, 0.3) is 0 Å². The molecule has 0 aromatic carbocycles. The van der Waals surface area contributed by atoms with Crippen molar-refractivity contribution in [1.82, 2.24) is 5.32 Å². The second kappa shape index (κ2) is 3.95. The maximum atomic E-state index is 11.5. The normalized spacial score (nSPS) is 26.6. The number of hydrogen-bond acceptors (Lipinski definition) is 2. The van der Waals surface area contributed by atoms with Crippen LogP contribution in [0.3, 0.4) is 0 Å². The molecule has 1 heterocycles. The molecule has 0 atom stereocenters. The van der Waals surface area contributed by atoms with Crippen LogP contribution in [0.1, 0.15) is 38.5 Å². The Morgan fingerprint density at radius 1 is 1.31 bits per heavy atom. The van der Waals surface area contributed by atoms with E-state index in [4.69, 9.17) is 0 Å². The second-order valence-electron chi connectivity index (χ2n) is 4.08. The molecule has 0 aromatic rings. The Bertz CT molecular complexity index is 218. The first-order valence-corrected chi connectivity index (χ1v) is 5.34. The van der Waals surface area contributed by atoms with Gasteiger partial charge in [-0.3, -0.25) is 4.79 Å². The van der Waals surface area contributed by atoms with Crippen molar-refractivity contribution >= 4 is 5.78 Å². The smallest absolute Gasteiger partial charge is 0.160 e. The summed E-state index contributed by atoms with van der Waals surface area (Å²) in [5, 5.41) is 3.34. The minimum absolute atomic E-state index is 0.351. The van der Waals surface area contributed by atoms with Crippen LogP contribution in [0, 0.1) is 5.92 Å². The van der Waals surface area contributed by atoms with Crippen LogP contribution in [0.4, 0.5) is 0 Å². The number of nitrogens with one attached hydrogen (secondary N) is 1. The van der Waals surface area contributed by atoms with Gasteiger partial charge in [-0.2, -0.15) is 0 Å². The van der Waals surface area contributed by atoms with Gasteiger partial charge in [0.1, 0.15) is 0 Å². The fourth-order valence-electron chi connectivity index (χ4n) is 1.74. The molecular weight excluding hydrogens is 162 g/mol. The molecule has 0 amide bonds. The lowest BCUT2D eigenvalue weighted by Crippen LogP contribution is -2.13. The third-order valence-electron chi connectivity index (χ3n) is 2.77. The molecule has 2 fully saturated rings. The molecule has 0 aromatic heterocycles. The van der Waals surface area contributed by atoms with Crippen LogP contribution < -0.4 is 5.32 Å². The van der Waals surface area contributed by atoms with Gasteiger partial charge in [0.25, 0.3) is 0 Å². The van der Waals surface area contributed by atoms with Crippen molar-refractivity contribution in [3.63, 3.8) is 0 Å². The summed E-state index contributed by atoms with van der Waals surface area (Å²) in [4.78, 5) is 11.5. The topological polar surface area (TPSA) is 29.1 Å².